The van der Waals surface area contributed by atoms with Gasteiger partial charge in [0, 0.05) is 25.8 Å². The molecule has 1 aromatic rings. The Labute approximate surface area is 112 Å². The van der Waals surface area contributed by atoms with Gasteiger partial charge < -0.3 is 9.64 Å². The van der Waals surface area contributed by atoms with E-state index < -0.39 is 0 Å². The highest BCUT2D eigenvalue weighted by molar-refractivity contribution is 5.95. The van der Waals surface area contributed by atoms with E-state index in [2.05, 4.69) is 0 Å². The van der Waals surface area contributed by atoms with Gasteiger partial charge in [0.15, 0.2) is 0 Å². The van der Waals surface area contributed by atoms with Gasteiger partial charge in [-0.1, -0.05) is 0 Å². The summed E-state index contributed by atoms with van der Waals surface area (Å²) < 4.78 is 18.0. The molecule has 5 heteroatoms. The molecule has 1 amide bonds. The molecule has 0 radical (unpaired) electrons. The fourth-order valence-electron chi connectivity index (χ4n) is 1.74. The summed E-state index contributed by atoms with van der Waals surface area (Å²) in [6.45, 7) is 2.84. The number of methoxy groups -OCH3 is 1. The number of nitriles is 1. The number of aryl methyl sites for hydroxylation is 1. The first-order valence-corrected chi connectivity index (χ1v) is 6.01. The lowest BCUT2D eigenvalue weighted by Crippen LogP contribution is -2.35. The van der Waals surface area contributed by atoms with Crippen LogP contribution >= 0.6 is 0 Å². The molecule has 0 saturated heterocycles. The van der Waals surface area contributed by atoms with Crippen molar-refractivity contribution in [2.24, 2.45) is 0 Å². The zero-order valence-electron chi connectivity index (χ0n) is 11.1. The van der Waals surface area contributed by atoms with E-state index in [-0.39, 0.29) is 18.1 Å². The smallest absolute Gasteiger partial charge is 0.254 e. The molecule has 0 atom stereocenters. The standard InChI is InChI=1S/C14H17FN2O2/c1-11-10-12(15)4-5-13(11)14(18)17(7-3-6-16)8-9-19-2/h4-5,10H,3,7-9H2,1-2H3. The number of halogens is 1. The molecule has 1 rings (SSSR count). The number of nitrogens with zero attached hydrogens (tertiary/aromatic N) is 2. The lowest BCUT2D eigenvalue weighted by Gasteiger charge is -2.22. The lowest BCUT2D eigenvalue weighted by molar-refractivity contribution is 0.0699. The minimum Gasteiger partial charge on any atom is -0.383 e. The Morgan fingerprint density at radius 1 is 1.47 bits per heavy atom. The van der Waals surface area contributed by atoms with Crippen LogP contribution in [0.5, 0.6) is 0 Å². The average molecular weight is 264 g/mol. The molecule has 4 nitrogen and oxygen atoms in total. The molecule has 0 heterocycles. The Bertz CT molecular complexity index is 483. The zero-order valence-corrected chi connectivity index (χ0v) is 11.1. The summed E-state index contributed by atoms with van der Waals surface area (Å²) in [5.41, 5.74) is 1.04. The highest BCUT2D eigenvalue weighted by atomic mass is 19.1. The number of hydrogen-bond donors (Lipinski definition) is 0. The number of carbonyl (C=O) groups is 1. The molecule has 0 spiro atoms. The van der Waals surface area contributed by atoms with Crippen LogP contribution in [0.2, 0.25) is 0 Å². The van der Waals surface area contributed by atoms with Crippen molar-refractivity contribution in [3.63, 3.8) is 0 Å². The Hall–Kier alpha value is -1.93. The fraction of sp³-hybridized carbons (Fsp3) is 0.429. The van der Waals surface area contributed by atoms with E-state index in [1.165, 1.54) is 18.2 Å². The quantitative estimate of drug-likeness (QED) is 0.791. The maximum Gasteiger partial charge on any atom is 0.254 e. The highest BCUT2D eigenvalue weighted by Gasteiger charge is 2.17. The van der Waals surface area contributed by atoms with Crippen molar-refractivity contribution in [3.8, 4) is 6.07 Å². The van der Waals surface area contributed by atoms with Crippen molar-refractivity contribution in [2.75, 3.05) is 26.8 Å². The van der Waals surface area contributed by atoms with E-state index in [9.17, 15) is 9.18 Å². The molecular weight excluding hydrogens is 247 g/mol. The van der Waals surface area contributed by atoms with Crippen LogP contribution in [0, 0.1) is 24.1 Å². The van der Waals surface area contributed by atoms with E-state index in [4.69, 9.17) is 10.00 Å². The topological polar surface area (TPSA) is 53.3 Å². The Balaban J connectivity index is 2.88. The third-order valence-corrected chi connectivity index (χ3v) is 2.76. The van der Waals surface area contributed by atoms with Crippen molar-refractivity contribution in [1.29, 1.82) is 5.26 Å². The molecule has 0 unspecified atom stereocenters. The van der Waals surface area contributed by atoms with Gasteiger partial charge in [0.25, 0.3) is 5.91 Å². The maximum atomic E-state index is 13.0. The minimum atomic E-state index is -0.366. The van der Waals surface area contributed by atoms with Crippen LogP contribution < -0.4 is 0 Å². The lowest BCUT2D eigenvalue weighted by atomic mass is 10.1. The van der Waals surface area contributed by atoms with Crippen LogP contribution in [-0.4, -0.2) is 37.6 Å². The first-order chi connectivity index (χ1) is 9.10. The molecule has 0 aliphatic rings. The van der Waals surface area contributed by atoms with Gasteiger partial charge in [0.05, 0.1) is 19.1 Å². The molecule has 0 aliphatic heterocycles. The van der Waals surface area contributed by atoms with Crippen LogP contribution in [0.3, 0.4) is 0 Å². The first kappa shape index (κ1) is 15.1. The predicted molar refractivity (Wildman–Crippen MR) is 69.1 cm³/mol. The summed E-state index contributed by atoms with van der Waals surface area (Å²) >= 11 is 0. The minimum absolute atomic E-state index is 0.204. The highest BCUT2D eigenvalue weighted by Crippen LogP contribution is 2.13. The second-order valence-electron chi connectivity index (χ2n) is 4.15. The van der Waals surface area contributed by atoms with E-state index in [0.717, 1.165) is 0 Å². The largest absolute Gasteiger partial charge is 0.383 e. The molecule has 0 aromatic heterocycles. The number of rotatable bonds is 6. The number of hydrogen-bond acceptors (Lipinski definition) is 3. The third kappa shape index (κ3) is 4.34. The van der Waals surface area contributed by atoms with Crippen molar-refractivity contribution in [3.05, 3.63) is 35.1 Å². The molecule has 0 N–H and O–H groups in total. The van der Waals surface area contributed by atoms with E-state index in [1.54, 1.807) is 18.9 Å². The van der Waals surface area contributed by atoms with Gasteiger partial charge in [0.1, 0.15) is 5.82 Å². The number of amides is 1. The molecule has 0 fully saturated rings. The molecule has 0 aliphatic carbocycles. The predicted octanol–water partition coefficient (Wildman–Crippen LogP) is 2.14. The Morgan fingerprint density at radius 3 is 2.79 bits per heavy atom. The van der Waals surface area contributed by atoms with Gasteiger partial charge >= 0.3 is 0 Å². The number of ether oxygens (including phenoxy) is 1. The second-order valence-corrected chi connectivity index (χ2v) is 4.15. The maximum absolute atomic E-state index is 13.0. The monoisotopic (exact) mass is 264 g/mol. The van der Waals surface area contributed by atoms with Gasteiger partial charge in [-0.05, 0) is 30.7 Å². The van der Waals surface area contributed by atoms with Crippen LogP contribution in [0.1, 0.15) is 22.3 Å². The number of benzene rings is 1. The molecule has 0 bridgehead atoms. The average Bonchev–Trinajstić information content (AvgIpc) is 2.38. The summed E-state index contributed by atoms with van der Waals surface area (Å²) in [7, 11) is 1.55. The normalized spacial score (nSPS) is 10.0. The second kappa shape index (κ2) is 7.49. The van der Waals surface area contributed by atoms with Gasteiger partial charge in [-0.15, -0.1) is 0 Å². The Morgan fingerprint density at radius 2 is 2.21 bits per heavy atom. The number of carbonyl (C=O) groups excluding carboxylic acids is 1. The summed E-state index contributed by atoms with van der Waals surface area (Å²) in [5.74, 6) is -0.570. The summed E-state index contributed by atoms with van der Waals surface area (Å²) in [6.07, 6.45) is 0.260. The molecule has 0 saturated carbocycles. The van der Waals surface area contributed by atoms with Crippen molar-refractivity contribution >= 4 is 5.91 Å². The van der Waals surface area contributed by atoms with Gasteiger partial charge in [-0.2, -0.15) is 5.26 Å². The van der Waals surface area contributed by atoms with Crippen LogP contribution in [0.15, 0.2) is 18.2 Å². The SMILES string of the molecule is COCCN(CCC#N)C(=O)c1ccc(F)cc1C. The van der Waals surface area contributed by atoms with E-state index >= 15 is 0 Å². The van der Waals surface area contributed by atoms with E-state index in [1.807, 2.05) is 6.07 Å². The van der Waals surface area contributed by atoms with Gasteiger partial charge in [0.2, 0.25) is 0 Å². The molecular formula is C14H17FN2O2. The summed E-state index contributed by atoms with van der Waals surface area (Å²) in [4.78, 5) is 13.9. The molecule has 1 aromatic carbocycles. The van der Waals surface area contributed by atoms with Crippen LogP contribution in [0.25, 0.3) is 0 Å². The molecule has 102 valence electrons. The van der Waals surface area contributed by atoms with Gasteiger partial charge in [-0.25, -0.2) is 4.39 Å². The third-order valence-electron chi connectivity index (χ3n) is 2.76. The van der Waals surface area contributed by atoms with E-state index in [0.29, 0.717) is 30.8 Å². The van der Waals surface area contributed by atoms with Crippen molar-refractivity contribution < 1.29 is 13.9 Å². The summed E-state index contributed by atoms with van der Waals surface area (Å²) in [6, 6.07) is 6.07. The Kier molecular flexibility index (Phi) is 5.97. The first-order valence-electron chi connectivity index (χ1n) is 6.01. The summed E-state index contributed by atoms with van der Waals surface area (Å²) in [5, 5.41) is 8.62. The van der Waals surface area contributed by atoms with Gasteiger partial charge in [-0.3, -0.25) is 4.79 Å². The van der Waals surface area contributed by atoms with Crippen LogP contribution in [-0.2, 0) is 4.74 Å². The molecule has 19 heavy (non-hydrogen) atoms. The van der Waals surface area contributed by atoms with Crippen LogP contribution in [0.4, 0.5) is 4.39 Å². The van der Waals surface area contributed by atoms with Crippen molar-refractivity contribution in [2.45, 2.75) is 13.3 Å². The zero-order chi connectivity index (χ0) is 14.3. The fourth-order valence-corrected chi connectivity index (χ4v) is 1.74. The van der Waals surface area contributed by atoms with Crippen molar-refractivity contribution in [1.82, 2.24) is 4.90 Å².